The van der Waals surface area contributed by atoms with Gasteiger partial charge in [0.05, 0.1) is 22.3 Å². The zero-order valence-corrected chi connectivity index (χ0v) is 37.2. The predicted octanol–water partition coefficient (Wildman–Crippen LogP) is 5.36. The summed E-state index contributed by atoms with van der Waals surface area (Å²) in [6.07, 6.45) is 3.77. The summed E-state index contributed by atoms with van der Waals surface area (Å²) in [4.78, 5) is 62.4. The number of ether oxygens (including phenoxy) is 1. The maximum Gasteiger partial charge on any atom is 0.301 e. The minimum Gasteiger partial charge on any atom is -0.453 e. The van der Waals surface area contributed by atoms with Gasteiger partial charge < -0.3 is 19.4 Å². The van der Waals surface area contributed by atoms with E-state index in [9.17, 15) is 37.2 Å². The van der Waals surface area contributed by atoms with E-state index < -0.39 is 51.0 Å². The van der Waals surface area contributed by atoms with Gasteiger partial charge in [0.2, 0.25) is 11.8 Å². The summed E-state index contributed by atoms with van der Waals surface area (Å²) >= 11 is 0. The summed E-state index contributed by atoms with van der Waals surface area (Å²) in [6, 6.07) is 21.4. The van der Waals surface area contributed by atoms with E-state index >= 15 is 4.39 Å². The first-order valence-electron chi connectivity index (χ1n) is 22.5. The van der Waals surface area contributed by atoms with Crippen LogP contribution in [-0.4, -0.2) is 108 Å². The number of rotatable bonds is 11. The topological polar surface area (TPSA) is 190 Å². The van der Waals surface area contributed by atoms with Gasteiger partial charge in [0.15, 0.2) is 11.6 Å². The number of carbonyl (C=O) groups excluding carboxylic acids is 3. The van der Waals surface area contributed by atoms with Crippen molar-refractivity contribution >= 4 is 50.2 Å². The number of amides is 3. The monoisotopic (exact) mass is 931 g/mol. The van der Waals surface area contributed by atoms with Crippen LogP contribution in [0.2, 0.25) is 0 Å². The van der Waals surface area contributed by atoms with Crippen molar-refractivity contribution in [1.29, 1.82) is 5.26 Å². The van der Waals surface area contributed by atoms with Gasteiger partial charge in [0.25, 0.3) is 11.5 Å². The van der Waals surface area contributed by atoms with Crippen molar-refractivity contribution in [2.45, 2.75) is 63.2 Å². The molecule has 67 heavy (non-hydrogen) atoms. The molecule has 0 aliphatic carbocycles. The second-order valence-corrected chi connectivity index (χ2v) is 19.6. The summed E-state index contributed by atoms with van der Waals surface area (Å²) in [7, 11) is -4.25. The third-order valence-electron chi connectivity index (χ3n) is 13.7. The molecule has 5 aliphatic heterocycles. The van der Waals surface area contributed by atoms with Crippen LogP contribution in [0.15, 0.2) is 83.9 Å². The second kappa shape index (κ2) is 17.8. The number of imide groups is 1. The molecule has 6 heterocycles. The number of benzene rings is 4. The second-order valence-electron chi connectivity index (χ2n) is 18.0. The number of hydrogen-bond acceptors (Lipinski definition) is 11. The van der Waals surface area contributed by atoms with E-state index in [2.05, 4.69) is 37.0 Å². The van der Waals surface area contributed by atoms with Crippen LogP contribution in [0.4, 0.5) is 20.2 Å². The zero-order chi connectivity index (χ0) is 46.6. The van der Waals surface area contributed by atoms with Gasteiger partial charge in [-0.05, 0) is 123 Å². The molecular weight excluding hydrogens is 885 g/mol. The summed E-state index contributed by atoms with van der Waals surface area (Å²) in [6.45, 7) is 4.61. The van der Waals surface area contributed by atoms with E-state index in [0.29, 0.717) is 41.6 Å². The van der Waals surface area contributed by atoms with Crippen LogP contribution in [-0.2, 0) is 26.3 Å². The Labute approximate surface area is 384 Å². The Balaban J connectivity index is 0.772. The Bertz CT molecular complexity index is 3040. The lowest BCUT2D eigenvalue weighted by Gasteiger charge is -2.34. The average molecular weight is 932 g/mol. The molecule has 16 nitrogen and oxygen atoms in total. The number of nitriles is 1. The number of alkyl halides is 1. The number of hydrogen-bond donors (Lipinski definition) is 2. The summed E-state index contributed by atoms with van der Waals surface area (Å²) in [5.41, 5.74) is 3.63. The van der Waals surface area contributed by atoms with Crippen LogP contribution in [0.3, 0.4) is 0 Å². The lowest BCUT2D eigenvalue weighted by molar-refractivity contribution is -0.136. The Morgan fingerprint density at radius 1 is 0.896 bits per heavy atom. The number of nitrogens with zero attached hydrogens (tertiary/aromatic N) is 7. The van der Waals surface area contributed by atoms with Gasteiger partial charge in [-0.3, -0.25) is 33.8 Å². The zero-order valence-electron chi connectivity index (χ0n) is 36.4. The molecule has 5 aliphatic rings. The number of nitrogens with one attached hydrogen (secondary N) is 2. The molecule has 0 saturated carbocycles. The number of aromatic nitrogens is 2. The molecular formula is C48H47F2N9O7S. The fourth-order valence-corrected chi connectivity index (χ4v) is 11.4. The minimum atomic E-state index is -4.25. The van der Waals surface area contributed by atoms with Gasteiger partial charge in [-0.15, -0.1) is 0 Å². The molecule has 5 aromatic rings. The van der Waals surface area contributed by atoms with E-state index in [1.54, 1.807) is 4.90 Å². The SMILES string of the molecule is N#Cc1c(NS(=O)(=O)N2CC[C@@H](F)C2)ccc(F)c1Oc1ccc2ncn(-c3cccc(N4CCC(CN5CCC(c6ccc7c(c6)CN([C@H]6CCC(=O)NC6=O)C7=O)CC5)C4)c3)c(=O)c2c1. The first kappa shape index (κ1) is 44.1. The van der Waals surface area contributed by atoms with Crippen LogP contribution in [0.1, 0.15) is 71.5 Å². The summed E-state index contributed by atoms with van der Waals surface area (Å²) < 4.78 is 65.4. The van der Waals surface area contributed by atoms with E-state index in [-0.39, 0.29) is 54.6 Å². The van der Waals surface area contributed by atoms with Crippen molar-refractivity contribution in [3.05, 3.63) is 118 Å². The van der Waals surface area contributed by atoms with Gasteiger partial charge in [0, 0.05) is 56.9 Å². The highest BCUT2D eigenvalue weighted by Crippen LogP contribution is 2.37. The van der Waals surface area contributed by atoms with Crippen LogP contribution in [0, 0.1) is 23.1 Å². The van der Waals surface area contributed by atoms with Crippen LogP contribution >= 0.6 is 0 Å². The standard InChI is InChI=1S/C48H47F2N9O7S/c49-33-15-19-57(27-33)67(64,65)54-42-9-7-40(50)45(39(42)23-51)66-36-5-8-41-38(22-36)48(63)59(28-52-41)35-3-1-2-34(21-35)56-18-12-29(25-56)24-55-16-13-30(14-17-55)31-4-6-37-32(20-31)26-58(47(37)62)43-10-11-44(60)53-46(43)61/h1-9,20-22,28-30,33,43,54H,10-19,24-27H2,(H,53,60,61)/t29?,33-,43+/m1/s1. The molecule has 0 spiro atoms. The molecule has 19 heteroatoms. The summed E-state index contributed by atoms with van der Waals surface area (Å²) in [5.74, 6) is -1.51. The van der Waals surface area contributed by atoms with E-state index in [1.807, 2.05) is 36.4 Å². The third-order valence-corrected chi connectivity index (χ3v) is 15.2. The Hall–Kier alpha value is -6.75. The fraction of sp³-hybridized carbons (Fsp3) is 0.375. The lowest BCUT2D eigenvalue weighted by Crippen LogP contribution is -2.52. The van der Waals surface area contributed by atoms with E-state index in [4.69, 9.17) is 4.74 Å². The molecule has 0 bridgehead atoms. The minimum absolute atomic E-state index is 0.0152. The smallest absolute Gasteiger partial charge is 0.301 e. The molecule has 3 atom stereocenters. The van der Waals surface area contributed by atoms with E-state index in [1.165, 1.54) is 34.7 Å². The highest BCUT2D eigenvalue weighted by Gasteiger charge is 2.40. The quantitative estimate of drug-likeness (QED) is 0.162. The van der Waals surface area contributed by atoms with Crippen LogP contribution in [0.5, 0.6) is 11.5 Å². The normalized spacial score (nSPS) is 21.7. The maximum atomic E-state index is 15.2. The fourth-order valence-electron chi connectivity index (χ4n) is 10.1. The van der Waals surface area contributed by atoms with Gasteiger partial charge >= 0.3 is 10.2 Å². The van der Waals surface area contributed by atoms with Gasteiger partial charge in [-0.25, -0.2) is 13.8 Å². The molecule has 2 N–H and O–H groups in total. The highest BCUT2D eigenvalue weighted by atomic mass is 32.2. The maximum absolute atomic E-state index is 15.2. The first-order valence-corrected chi connectivity index (χ1v) is 23.9. The molecule has 0 radical (unpaired) electrons. The largest absolute Gasteiger partial charge is 0.453 e. The molecule has 4 aromatic carbocycles. The number of halogens is 2. The molecule has 4 saturated heterocycles. The summed E-state index contributed by atoms with van der Waals surface area (Å²) in [5, 5.41) is 12.5. The van der Waals surface area contributed by atoms with Crippen LogP contribution in [0.25, 0.3) is 16.6 Å². The number of fused-ring (bicyclic) bond motifs is 2. The lowest BCUT2D eigenvalue weighted by atomic mass is 9.87. The molecule has 1 unspecified atom stereocenters. The Morgan fingerprint density at radius 2 is 1.72 bits per heavy atom. The predicted molar refractivity (Wildman–Crippen MR) is 243 cm³/mol. The molecule has 1 aromatic heterocycles. The Kier molecular flexibility index (Phi) is 11.7. The van der Waals surface area contributed by atoms with Gasteiger partial charge in [0.1, 0.15) is 35.9 Å². The van der Waals surface area contributed by atoms with Crippen molar-refractivity contribution in [1.82, 2.24) is 29.0 Å². The molecule has 3 amide bonds. The number of piperidine rings is 2. The van der Waals surface area contributed by atoms with E-state index in [0.717, 1.165) is 79.7 Å². The van der Waals surface area contributed by atoms with Gasteiger partial charge in [-0.2, -0.15) is 18.0 Å². The molecule has 346 valence electrons. The van der Waals surface area contributed by atoms with Crippen molar-refractivity contribution in [3.8, 4) is 23.3 Å². The van der Waals surface area contributed by atoms with Crippen molar-refractivity contribution in [2.75, 3.05) is 55.4 Å². The van der Waals surface area contributed by atoms with Gasteiger partial charge in [-0.1, -0.05) is 18.2 Å². The first-order chi connectivity index (χ1) is 32.3. The number of anilines is 2. The number of carbonyl (C=O) groups is 3. The average Bonchev–Trinajstić information content (AvgIpc) is 4.07. The molecule has 4 fully saturated rings. The Morgan fingerprint density at radius 3 is 2.49 bits per heavy atom. The third kappa shape index (κ3) is 8.72. The highest BCUT2D eigenvalue weighted by molar-refractivity contribution is 7.90. The van der Waals surface area contributed by atoms with Crippen LogP contribution < -0.4 is 25.2 Å². The number of likely N-dealkylation sites (tertiary alicyclic amines) is 1. The van der Waals surface area contributed by atoms with Crippen molar-refractivity contribution in [3.63, 3.8) is 0 Å². The molecule has 10 rings (SSSR count). The van der Waals surface area contributed by atoms with Crippen molar-refractivity contribution in [2.24, 2.45) is 5.92 Å². The van der Waals surface area contributed by atoms with Crippen molar-refractivity contribution < 1.29 is 36.3 Å².